The highest BCUT2D eigenvalue weighted by atomic mass is 14.0. The van der Waals surface area contributed by atoms with E-state index < -0.39 is 0 Å². The second-order valence-corrected chi connectivity index (χ2v) is 4.90. The first-order chi connectivity index (χ1) is 7.27. The number of unbranched alkanes of at least 4 members (excludes halogenated alkanes) is 9. The Labute approximate surface area is 97.2 Å². The van der Waals surface area contributed by atoms with E-state index in [0.29, 0.717) is 0 Å². The molecule has 0 aromatic carbocycles. The summed E-state index contributed by atoms with van der Waals surface area (Å²) in [5.74, 6) is 0. The molecule has 0 nitrogen and oxygen atoms in total. The first-order valence-electron chi connectivity index (χ1n) is 6.90. The lowest BCUT2D eigenvalue weighted by Gasteiger charge is -2.00. The molecule has 0 heterocycles. The normalized spacial score (nSPS) is 10.3. The van der Waals surface area contributed by atoms with Gasteiger partial charge < -0.3 is 0 Å². The quantitative estimate of drug-likeness (QED) is 0.312. The van der Waals surface area contributed by atoms with E-state index >= 15 is 0 Å². The van der Waals surface area contributed by atoms with Crippen molar-refractivity contribution in [1.29, 1.82) is 0 Å². The number of hydrogen-bond donors (Lipinski definition) is 0. The van der Waals surface area contributed by atoms with Crippen molar-refractivity contribution in [3.05, 3.63) is 11.6 Å². The highest BCUT2D eigenvalue weighted by Gasteiger charge is 1.91. The van der Waals surface area contributed by atoms with Crippen LogP contribution in [0.1, 0.15) is 85.0 Å². The second-order valence-electron chi connectivity index (χ2n) is 4.90. The smallest absolute Gasteiger partial charge is 0.0348 e. The summed E-state index contributed by atoms with van der Waals surface area (Å²) in [6.07, 6.45) is 16.5. The van der Waals surface area contributed by atoms with Crippen LogP contribution in [-0.4, -0.2) is 0 Å². The second kappa shape index (κ2) is 11.8. The van der Waals surface area contributed by atoms with Crippen molar-refractivity contribution < 1.29 is 0 Å². The molecule has 0 saturated heterocycles. The third kappa shape index (κ3) is 13.7. The van der Waals surface area contributed by atoms with Gasteiger partial charge in [0.05, 0.1) is 0 Å². The van der Waals surface area contributed by atoms with Crippen molar-refractivity contribution in [2.75, 3.05) is 0 Å². The van der Waals surface area contributed by atoms with E-state index in [-0.39, 0.29) is 0 Å². The highest BCUT2D eigenvalue weighted by molar-refractivity contribution is 4.92. The molecule has 0 N–H and O–H groups in total. The molecule has 0 saturated carbocycles. The Kier molecular flexibility index (Phi) is 11.6. The minimum Gasteiger partial charge on any atom is -0.0859 e. The lowest BCUT2D eigenvalue weighted by molar-refractivity contribution is 0.566. The molecule has 0 aliphatic carbocycles. The Bertz CT molecular complexity index is 140. The van der Waals surface area contributed by atoms with E-state index in [9.17, 15) is 0 Å². The van der Waals surface area contributed by atoms with Crippen LogP contribution < -0.4 is 0 Å². The molecule has 0 radical (unpaired) electrons. The largest absolute Gasteiger partial charge is 0.0859 e. The Morgan fingerprint density at radius 2 is 1.20 bits per heavy atom. The van der Waals surface area contributed by atoms with Gasteiger partial charge in [0.15, 0.2) is 0 Å². The van der Waals surface area contributed by atoms with E-state index in [2.05, 4.69) is 26.8 Å². The lowest BCUT2D eigenvalue weighted by Crippen LogP contribution is -1.81. The molecule has 0 amide bonds. The van der Waals surface area contributed by atoms with Gasteiger partial charge in [-0.1, -0.05) is 69.9 Å². The van der Waals surface area contributed by atoms with Gasteiger partial charge in [-0.05, 0) is 26.7 Å². The summed E-state index contributed by atoms with van der Waals surface area (Å²) in [5, 5.41) is 0. The van der Waals surface area contributed by atoms with Crippen LogP contribution in [-0.2, 0) is 0 Å². The van der Waals surface area contributed by atoms with Crippen molar-refractivity contribution in [3.8, 4) is 0 Å². The number of hydrogen-bond acceptors (Lipinski definition) is 0. The lowest BCUT2D eigenvalue weighted by atomic mass is 10.1. The molecule has 15 heavy (non-hydrogen) atoms. The van der Waals surface area contributed by atoms with Gasteiger partial charge in [0.2, 0.25) is 0 Å². The fourth-order valence-electron chi connectivity index (χ4n) is 1.85. The van der Waals surface area contributed by atoms with Gasteiger partial charge in [-0.2, -0.15) is 0 Å². The molecule has 0 aromatic heterocycles. The summed E-state index contributed by atoms with van der Waals surface area (Å²) < 4.78 is 0. The highest BCUT2D eigenvalue weighted by Crippen LogP contribution is 2.10. The molecule has 90 valence electrons. The molecule has 0 aliphatic heterocycles. The average molecular weight is 210 g/mol. The van der Waals surface area contributed by atoms with Gasteiger partial charge in [-0.25, -0.2) is 0 Å². The van der Waals surface area contributed by atoms with Crippen LogP contribution in [0, 0.1) is 0 Å². The number of rotatable bonds is 10. The average Bonchev–Trinajstić information content (AvgIpc) is 2.20. The van der Waals surface area contributed by atoms with Crippen LogP contribution in [0.15, 0.2) is 11.6 Å². The first-order valence-corrected chi connectivity index (χ1v) is 6.90. The maximum Gasteiger partial charge on any atom is -0.0348 e. The van der Waals surface area contributed by atoms with Crippen LogP contribution in [0.2, 0.25) is 0 Å². The standard InChI is InChI=1S/C15H30/c1-4-5-6-7-8-9-10-11-12-13-14-15(2)3/h14H,4-13H2,1-3H3. The fourth-order valence-corrected chi connectivity index (χ4v) is 1.85. The Hall–Kier alpha value is -0.260. The molecule has 0 heteroatoms. The topological polar surface area (TPSA) is 0 Å². The third-order valence-electron chi connectivity index (χ3n) is 2.86. The molecule has 0 unspecified atom stereocenters. The maximum atomic E-state index is 2.36. The SMILES string of the molecule is CCCCCCCCCCCC=C(C)C. The van der Waals surface area contributed by atoms with E-state index in [1.54, 1.807) is 0 Å². The first kappa shape index (κ1) is 14.7. The molecule has 0 fully saturated rings. The van der Waals surface area contributed by atoms with Gasteiger partial charge in [0.25, 0.3) is 0 Å². The Morgan fingerprint density at radius 1 is 0.733 bits per heavy atom. The van der Waals surface area contributed by atoms with E-state index in [0.717, 1.165) is 0 Å². The molecule has 0 aliphatic rings. The summed E-state index contributed by atoms with van der Waals surface area (Å²) in [6.45, 7) is 6.66. The molecule has 0 bridgehead atoms. The molecule has 0 aromatic rings. The van der Waals surface area contributed by atoms with Crippen LogP contribution in [0.5, 0.6) is 0 Å². The van der Waals surface area contributed by atoms with Crippen molar-refractivity contribution >= 4 is 0 Å². The van der Waals surface area contributed by atoms with Crippen LogP contribution >= 0.6 is 0 Å². The zero-order valence-corrected chi connectivity index (χ0v) is 11.1. The minimum atomic E-state index is 1.29. The van der Waals surface area contributed by atoms with Gasteiger partial charge in [-0.15, -0.1) is 0 Å². The Morgan fingerprint density at radius 3 is 1.67 bits per heavy atom. The Balaban J connectivity index is 2.96. The minimum absolute atomic E-state index is 1.29. The zero-order valence-electron chi connectivity index (χ0n) is 11.1. The van der Waals surface area contributed by atoms with Crippen LogP contribution in [0.4, 0.5) is 0 Å². The number of allylic oxidation sites excluding steroid dienone is 2. The van der Waals surface area contributed by atoms with Crippen molar-refractivity contribution in [2.45, 2.75) is 85.0 Å². The summed E-state index contributed by atoms with van der Waals surface area (Å²) in [6, 6.07) is 0. The van der Waals surface area contributed by atoms with Gasteiger partial charge in [0.1, 0.15) is 0 Å². The summed E-state index contributed by atoms with van der Waals surface area (Å²) in [4.78, 5) is 0. The molecule has 0 atom stereocenters. The van der Waals surface area contributed by atoms with Gasteiger partial charge in [-0.3, -0.25) is 0 Å². The van der Waals surface area contributed by atoms with E-state index in [1.165, 1.54) is 69.8 Å². The van der Waals surface area contributed by atoms with E-state index in [1.807, 2.05) is 0 Å². The monoisotopic (exact) mass is 210 g/mol. The van der Waals surface area contributed by atoms with Crippen molar-refractivity contribution in [1.82, 2.24) is 0 Å². The van der Waals surface area contributed by atoms with Crippen LogP contribution in [0.25, 0.3) is 0 Å². The predicted molar refractivity (Wildman–Crippen MR) is 71.3 cm³/mol. The zero-order chi connectivity index (χ0) is 11.4. The maximum absolute atomic E-state index is 2.36. The summed E-state index contributed by atoms with van der Waals surface area (Å²) >= 11 is 0. The molecule has 0 rings (SSSR count). The van der Waals surface area contributed by atoms with Crippen molar-refractivity contribution in [2.24, 2.45) is 0 Å². The van der Waals surface area contributed by atoms with E-state index in [4.69, 9.17) is 0 Å². The molecule has 0 spiro atoms. The summed E-state index contributed by atoms with van der Waals surface area (Å²) in [5.41, 5.74) is 1.47. The van der Waals surface area contributed by atoms with Gasteiger partial charge in [0, 0.05) is 0 Å². The summed E-state index contributed by atoms with van der Waals surface area (Å²) in [7, 11) is 0. The third-order valence-corrected chi connectivity index (χ3v) is 2.86. The predicted octanol–water partition coefficient (Wildman–Crippen LogP) is 5.87. The fraction of sp³-hybridized carbons (Fsp3) is 0.867. The van der Waals surface area contributed by atoms with Gasteiger partial charge >= 0.3 is 0 Å². The van der Waals surface area contributed by atoms with Crippen molar-refractivity contribution in [3.63, 3.8) is 0 Å². The molecular formula is C15H30. The molecular weight excluding hydrogens is 180 g/mol. The van der Waals surface area contributed by atoms with Crippen LogP contribution in [0.3, 0.4) is 0 Å².